The Morgan fingerprint density at radius 2 is 1.69 bits per heavy atom. The third-order valence-corrected chi connectivity index (χ3v) is 7.17. The zero-order valence-corrected chi connectivity index (χ0v) is 16.9. The topological polar surface area (TPSA) is 66.5 Å². The number of sulfonamides is 1. The van der Waals surface area contributed by atoms with Gasteiger partial charge in [-0.3, -0.25) is 4.79 Å². The van der Waals surface area contributed by atoms with Gasteiger partial charge in [0.1, 0.15) is 0 Å². The van der Waals surface area contributed by atoms with Gasteiger partial charge in [0, 0.05) is 23.6 Å². The molecule has 7 heteroatoms. The average molecular weight is 437 g/mol. The Hall–Kier alpha value is -1.70. The van der Waals surface area contributed by atoms with E-state index in [4.69, 9.17) is 0 Å². The van der Waals surface area contributed by atoms with E-state index >= 15 is 0 Å². The van der Waals surface area contributed by atoms with Gasteiger partial charge in [-0.1, -0.05) is 29.8 Å². The van der Waals surface area contributed by atoms with Gasteiger partial charge in [-0.2, -0.15) is 4.31 Å². The maximum atomic E-state index is 12.7. The van der Waals surface area contributed by atoms with E-state index in [1.54, 1.807) is 30.3 Å². The monoisotopic (exact) mass is 436 g/mol. The minimum absolute atomic E-state index is 0.0286. The molecule has 1 amide bonds. The summed E-state index contributed by atoms with van der Waals surface area (Å²) in [5.74, 6) is -0.141. The maximum Gasteiger partial charge on any atom is 0.252 e. The van der Waals surface area contributed by atoms with Gasteiger partial charge in [-0.15, -0.1) is 0 Å². The Kier molecular flexibility index (Phi) is 5.79. The van der Waals surface area contributed by atoms with Crippen molar-refractivity contribution in [1.29, 1.82) is 0 Å². The summed E-state index contributed by atoms with van der Waals surface area (Å²) in [6.45, 7) is 2.73. The number of hydrogen-bond acceptors (Lipinski definition) is 3. The van der Waals surface area contributed by atoms with Crippen LogP contribution >= 0.6 is 15.9 Å². The minimum atomic E-state index is -3.48. The molecule has 1 saturated heterocycles. The molecule has 0 saturated carbocycles. The molecule has 5 nitrogen and oxygen atoms in total. The summed E-state index contributed by atoms with van der Waals surface area (Å²) in [5.41, 5.74) is 1.61. The molecule has 2 aromatic carbocycles. The number of carbonyl (C=O) groups excluding carboxylic acids is 1. The van der Waals surface area contributed by atoms with Crippen LogP contribution in [0.15, 0.2) is 57.9 Å². The molecule has 1 aliphatic heterocycles. The van der Waals surface area contributed by atoms with Crippen LogP contribution in [0.4, 0.5) is 0 Å². The van der Waals surface area contributed by atoms with Crippen molar-refractivity contribution >= 4 is 31.9 Å². The van der Waals surface area contributed by atoms with Crippen LogP contribution in [0.3, 0.4) is 0 Å². The quantitative estimate of drug-likeness (QED) is 0.798. The molecule has 0 spiro atoms. The fourth-order valence-electron chi connectivity index (χ4n) is 3.01. The van der Waals surface area contributed by atoms with Crippen molar-refractivity contribution in [2.75, 3.05) is 13.1 Å². The van der Waals surface area contributed by atoms with Gasteiger partial charge >= 0.3 is 0 Å². The highest BCUT2D eigenvalue weighted by Crippen LogP contribution is 2.22. The number of hydrogen-bond donors (Lipinski definition) is 1. The number of nitrogens with one attached hydrogen (secondary N) is 1. The van der Waals surface area contributed by atoms with Crippen molar-refractivity contribution in [3.63, 3.8) is 0 Å². The summed E-state index contributed by atoms with van der Waals surface area (Å²) < 4.78 is 27.7. The summed E-state index contributed by atoms with van der Waals surface area (Å²) in [7, 11) is -3.48. The second kappa shape index (κ2) is 7.90. The third-order valence-electron chi connectivity index (χ3n) is 4.57. The van der Waals surface area contributed by atoms with Gasteiger partial charge in [0.25, 0.3) is 5.91 Å². The molecule has 1 heterocycles. The molecule has 138 valence electrons. The number of nitrogens with zero attached hydrogens (tertiary/aromatic N) is 1. The summed E-state index contributed by atoms with van der Waals surface area (Å²) in [6.07, 6.45) is 1.20. The highest BCUT2D eigenvalue weighted by molar-refractivity contribution is 9.10. The van der Waals surface area contributed by atoms with E-state index in [0.717, 1.165) is 10.0 Å². The van der Waals surface area contributed by atoms with E-state index in [9.17, 15) is 13.2 Å². The first-order valence-electron chi connectivity index (χ1n) is 8.50. The zero-order valence-electron chi connectivity index (χ0n) is 14.5. The van der Waals surface area contributed by atoms with Crippen LogP contribution in [0.25, 0.3) is 0 Å². The summed E-state index contributed by atoms with van der Waals surface area (Å²) >= 11 is 3.38. The molecule has 1 fully saturated rings. The van der Waals surface area contributed by atoms with E-state index in [2.05, 4.69) is 21.2 Å². The molecular weight excluding hydrogens is 416 g/mol. The SMILES string of the molecule is Cc1ccc(S(=O)(=O)N2CCC(NC(=O)c3ccccc3Br)CC2)cc1. The number of carbonyl (C=O) groups is 1. The number of rotatable bonds is 4. The maximum absolute atomic E-state index is 12.7. The van der Waals surface area contributed by atoms with Crippen LogP contribution in [-0.4, -0.2) is 37.8 Å². The predicted molar refractivity (Wildman–Crippen MR) is 105 cm³/mol. The number of amides is 1. The minimum Gasteiger partial charge on any atom is -0.349 e. The Bertz CT molecular complexity index is 889. The second-order valence-corrected chi connectivity index (χ2v) is 9.24. The van der Waals surface area contributed by atoms with E-state index in [-0.39, 0.29) is 11.9 Å². The van der Waals surface area contributed by atoms with Crippen LogP contribution in [0.5, 0.6) is 0 Å². The Morgan fingerprint density at radius 1 is 1.08 bits per heavy atom. The normalized spacial score (nSPS) is 16.4. The van der Waals surface area contributed by atoms with E-state index in [0.29, 0.717) is 36.4 Å². The van der Waals surface area contributed by atoms with Crippen molar-refractivity contribution in [3.05, 3.63) is 64.1 Å². The van der Waals surface area contributed by atoms with Crippen molar-refractivity contribution in [2.24, 2.45) is 0 Å². The average Bonchev–Trinajstić information content (AvgIpc) is 2.63. The Morgan fingerprint density at radius 3 is 2.31 bits per heavy atom. The van der Waals surface area contributed by atoms with Gasteiger partial charge < -0.3 is 5.32 Å². The lowest BCUT2D eigenvalue weighted by atomic mass is 10.1. The molecule has 0 atom stereocenters. The molecule has 26 heavy (non-hydrogen) atoms. The molecule has 1 aliphatic rings. The summed E-state index contributed by atoms with van der Waals surface area (Å²) in [6, 6.07) is 14.1. The summed E-state index contributed by atoms with van der Waals surface area (Å²) in [4.78, 5) is 12.7. The smallest absolute Gasteiger partial charge is 0.252 e. The Balaban J connectivity index is 1.61. The van der Waals surface area contributed by atoms with E-state index in [1.165, 1.54) is 4.31 Å². The summed E-state index contributed by atoms with van der Waals surface area (Å²) in [5, 5.41) is 3.00. The molecule has 0 radical (unpaired) electrons. The third kappa shape index (κ3) is 4.16. The second-order valence-electron chi connectivity index (χ2n) is 6.44. The number of benzene rings is 2. The largest absolute Gasteiger partial charge is 0.349 e. The van der Waals surface area contributed by atoms with Crippen molar-refractivity contribution in [3.8, 4) is 0 Å². The van der Waals surface area contributed by atoms with E-state index < -0.39 is 10.0 Å². The molecular formula is C19H21BrN2O3S. The fraction of sp³-hybridized carbons (Fsp3) is 0.316. The van der Waals surface area contributed by atoms with E-state index in [1.807, 2.05) is 25.1 Å². The lowest BCUT2D eigenvalue weighted by Gasteiger charge is -2.31. The first kappa shape index (κ1) is 19.1. The van der Waals surface area contributed by atoms with Crippen molar-refractivity contribution < 1.29 is 13.2 Å². The van der Waals surface area contributed by atoms with Crippen LogP contribution in [0.1, 0.15) is 28.8 Å². The first-order chi connectivity index (χ1) is 12.4. The van der Waals surface area contributed by atoms with Gasteiger partial charge in [-0.25, -0.2) is 8.42 Å². The highest BCUT2D eigenvalue weighted by atomic mass is 79.9. The lowest BCUT2D eigenvalue weighted by molar-refractivity contribution is 0.0923. The Labute approximate surface area is 162 Å². The number of piperidine rings is 1. The van der Waals surface area contributed by atoms with Crippen LogP contribution < -0.4 is 5.32 Å². The number of aryl methyl sites for hydroxylation is 1. The molecule has 0 aliphatic carbocycles. The molecule has 0 bridgehead atoms. The predicted octanol–water partition coefficient (Wildman–Crippen LogP) is 3.34. The molecule has 2 aromatic rings. The van der Waals surface area contributed by atoms with Crippen LogP contribution in [0.2, 0.25) is 0 Å². The molecule has 0 aromatic heterocycles. The van der Waals surface area contributed by atoms with Crippen molar-refractivity contribution in [1.82, 2.24) is 9.62 Å². The van der Waals surface area contributed by atoms with Gasteiger partial charge in [0.05, 0.1) is 10.5 Å². The highest BCUT2D eigenvalue weighted by Gasteiger charge is 2.30. The first-order valence-corrected chi connectivity index (χ1v) is 10.7. The standard InChI is InChI=1S/C19H21BrN2O3S/c1-14-6-8-16(9-7-14)26(24,25)22-12-10-15(11-13-22)21-19(23)17-4-2-3-5-18(17)20/h2-9,15H,10-13H2,1H3,(H,21,23). The van der Waals surface area contributed by atoms with Gasteiger partial charge in [-0.05, 0) is 60.0 Å². The number of halogens is 1. The molecule has 3 rings (SSSR count). The lowest BCUT2D eigenvalue weighted by Crippen LogP contribution is -2.46. The van der Waals surface area contributed by atoms with Crippen molar-refractivity contribution in [2.45, 2.75) is 30.7 Å². The molecule has 0 unspecified atom stereocenters. The van der Waals surface area contributed by atoms with Gasteiger partial charge in [0.15, 0.2) is 0 Å². The zero-order chi connectivity index (χ0) is 18.7. The fourth-order valence-corrected chi connectivity index (χ4v) is 4.94. The van der Waals surface area contributed by atoms with Crippen LogP contribution in [0, 0.1) is 6.92 Å². The molecule has 1 N–H and O–H groups in total. The van der Waals surface area contributed by atoms with Crippen LogP contribution in [-0.2, 0) is 10.0 Å². The van der Waals surface area contributed by atoms with Gasteiger partial charge in [0.2, 0.25) is 10.0 Å².